The van der Waals surface area contributed by atoms with Crippen LogP contribution in [-0.4, -0.2) is 12.7 Å². The summed E-state index contributed by atoms with van der Waals surface area (Å²) in [5.74, 6) is 0. The molecule has 0 amide bonds. The molecule has 1 rings (SSSR count). The SMILES string of the molecule is Cc1ccc(Br)c(NCCCC(F)(F)F)c1. The van der Waals surface area contributed by atoms with Gasteiger partial charge in [0.05, 0.1) is 0 Å². The molecule has 0 aliphatic carbocycles. The highest BCUT2D eigenvalue weighted by Crippen LogP contribution is 2.24. The topological polar surface area (TPSA) is 12.0 Å². The van der Waals surface area contributed by atoms with Gasteiger partial charge in [-0.2, -0.15) is 13.2 Å². The van der Waals surface area contributed by atoms with Crippen molar-refractivity contribution >= 4 is 21.6 Å². The highest BCUT2D eigenvalue weighted by atomic mass is 79.9. The Kier molecular flexibility index (Phi) is 4.65. The summed E-state index contributed by atoms with van der Waals surface area (Å²) >= 11 is 3.34. The monoisotopic (exact) mass is 295 g/mol. The van der Waals surface area contributed by atoms with Crippen molar-refractivity contribution in [2.24, 2.45) is 0 Å². The Hall–Kier alpha value is -0.710. The Bertz CT molecular complexity index is 350. The van der Waals surface area contributed by atoms with Crippen LogP contribution in [0, 0.1) is 6.92 Å². The van der Waals surface area contributed by atoms with Crippen LogP contribution in [0.15, 0.2) is 22.7 Å². The van der Waals surface area contributed by atoms with Gasteiger partial charge in [0.2, 0.25) is 0 Å². The number of rotatable bonds is 4. The van der Waals surface area contributed by atoms with E-state index in [2.05, 4.69) is 21.2 Å². The molecule has 1 aromatic rings. The van der Waals surface area contributed by atoms with Gasteiger partial charge >= 0.3 is 6.18 Å². The molecule has 0 fully saturated rings. The zero-order valence-corrected chi connectivity index (χ0v) is 10.5. The van der Waals surface area contributed by atoms with Crippen molar-refractivity contribution in [3.63, 3.8) is 0 Å². The lowest BCUT2D eigenvalue weighted by molar-refractivity contribution is -0.134. The van der Waals surface area contributed by atoms with Gasteiger partial charge < -0.3 is 5.32 Å². The summed E-state index contributed by atoms with van der Waals surface area (Å²) in [6.45, 7) is 2.26. The molecule has 0 bridgehead atoms. The van der Waals surface area contributed by atoms with E-state index in [0.29, 0.717) is 6.54 Å². The van der Waals surface area contributed by atoms with Crippen LogP contribution in [0.25, 0.3) is 0 Å². The third-order valence-electron chi connectivity index (χ3n) is 2.07. The molecule has 0 aromatic heterocycles. The highest BCUT2D eigenvalue weighted by molar-refractivity contribution is 9.10. The van der Waals surface area contributed by atoms with E-state index in [1.54, 1.807) is 0 Å². The second kappa shape index (κ2) is 5.57. The molecular formula is C11H13BrF3N. The summed E-state index contributed by atoms with van der Waals surface area (Å²) in [7, 11) is 0. The van der Waals surface area contributed by atoms with Crippen LogP contribution in [0.3, 0.4) is 0 Å². The lowest BCUT2D eigenvalue weighted by Crippen LogP contribution is -2.11. The van der Waals surface area contributed by atoms with E-state index >= 15 is 0 Å². The number of halogens is 4. The number of benzene rings is 1. The van der Waals surface area contributed by atoms with E-state index in [9.17, 15) is 13.2 Å². The van der Waals surface area contributed by atoms with E-state index in [4.69, 9.17) is 0 Å². The summed E-state index contributed by atoms with van der Waals surface area (Å²) in [6, 6.07) is 5.71. The smallest absolute Gasteiger partial charge is 0.384 e. The summed E-state index contributed by atoms with van der Waals surface area (Å²) in [5.41, 5.74) is 1.91. The molecule has 0 saturated carbocycles. The van der Waals surface area contributed by atoms with Gasteiger partial charge in [0, 0.05) is 23.1 Å². The molecule has 1 N–H and O–H groups in total. The van der Waals surface area contributed by atoms with Gasteiger partial charge in [0.1, 0.15) is 0 Å². The maximum absolute atomic E-state index is 11.9. The first kappa shape index (κ1) is 13.4. The quantitative estimate of drug-likeness (QED) is 0.806. The fourth-order valence-electron chi connectivity index (χ4n) is 1.29. The average molecular weight is 296 g/mol. The molecule has 0 aliphatic heterocycles. The Morgan fingerprint density at radius 3 is 2.62 bits per heavy atom. The molecular weight excluding hydrogens is 283 g/mol. The van der Waals surface area contributed by atoms with Crippen molar-refractivity contribution in [3.05, 3.63) is 28.2 Å². The number of hydrogen-bond donors (Lipinski definition) is 1. The molecule has 0 heterocycles. The number of anilines is 1. The number of alkyl halides is 3. The normalized spacial score (nSPS) is 11.6. The van der Waals surface area contributed by atoms with Gasteiger partial charge in [-0.1, -0.05) is 6.07 Å². The lowest BCUT2D eigenvalue weighted by atomic mass is 10.2. The zero-order valence-electron chi connectivity index (χ0n) is 8.87. The van der Waals surface area contributed by atoms with E-state index < -0.39 is 12.6 Å². The van der Waals surface area contributed by atoms with Crippen LogP contribution in [-0.2, 0) is 0 Å². The standard InChI is InChI=1S/C11H13BrF3N/c1-8-3-4-9(12)10(7-8)16-6-2-5-11(13,14)15/h3-4,7,16H,2,5-6H2,1H3. The second-order valence-corrected chi connectivity index (χ2v) is 4.48. The number of aryl methyl sites for hydroxylation is 1. The van der Waals surface area contributed by atoms with Crippen molar-refractivity contribution in [2.75, 3.05) is 11.9 Å². The molecule has 0 saturated heterocycles. The van der Waals surface area contributed by atoms with Crippen LogP contribution >= 0.6 is 15.9 Å². The number of nitrogens with one attached hydrogen (secondary N) is 1. The maximum Gasteiger partial charge on any atom is 0.389 e. The molecule has 0 aliphatic rings. The van der Waals surface area contributed by atoms with E-state index in [1.807, 2.05) is 25.1 Å². The molecule has 90 valence electrons. The van der Waals surface area contributed by atoms with Crippen LogP contribution in [0.4, 0.5) is 18.9 Å². The first-order valence-electron chi connectivity index (χ1n) is 4.95. The fourth-order valence-corrected chi connectivity index (χ4v) is 1.67. The zero-order chi connectivity index (χ0) is 12.2. The molecule has 0 radical (unpaired) electrons. The Morgan fingerprint density at radius 2 is 2.00 bits per heavy atom. The largest absolute Gasteiger partial charge is 0.389 e. The second-order valence-electron chi connectivity index (χ2n) is 3.63. The van der Waals surface area contributed by atoms with Crippen molar-refractivity contribution in [1.29, 1.82) is 0 Å². The van der Waals surface area contributed by atoms with Crippen molar-refractivity contribution in [2.45, 2.75) is 25.9 Å². The first-order valence-corrected chi connectivity index (χ1v) is 5.74. The van der Waals surface area contributed by atoms with Crippen molar-refractivity contribution in [3.8, 4) is 0 Å². The summed E-state index contributed by atoms with van der Waals surface area (Å²) in [5, 5.41) is 2.98. The average Bonchev–Trinajstić information content (AvgIpc) is 2.16. The van der Waals surface area contributed by atoms with Gasteiger partial charge in [-0.05, 0) is 47.0 Å². The van der Waals surface area contributed by atoms with Crippen molar-refractivity contribution in [1.82, 2.24) is 0 Å². The molecule has 0 atom stereocenters. The van der Waals surface area contributed by atoms with Crippen molar-refractivity contribution < 1.29 is 13.2 Å². The Morgan fingerprint density at radius 1 is 1.31 bits per heavy atom. The molecule has 16 heavy (non-hydrogen) atoms. The van der Waals surface area contributed by atoms with Crippen LogP contribution in [0.5, 0.6) is 0 Å². The summed E-state index contributed by atoms with van der Waals surface area (Å²) in [4.78, 5) is 0. The third-order valence-corrected chi connectivity index (χ3v) is 2.77. The minimum absolute atomic E-state index is 0.0872. The van der Waals surface area contributed by atoms with Crippen LogP contribution in [0.1, 0.15) is 18.4 Å². The fraction of sp³-hybridized carbons (Fsp3) is 0.455. The molecule has 5 heteroatoms. The summed E-state index contributed by atoms with van der Waals surface area (Å²) in [6.07, 6.45) is -4.72. The predicted octanol–water partition coefficient (Wildman–Crippen LogP) is 4.51. The maximum atomic E-state index is 11.9. The van der Waals surface area contributed by atoms with Gasteiger partial charge in [-0.15, -0.1) is 0 Å². The third kappa shape index (κ3) is 4.88. The number of hydrogen-bond acceptors (Lipinski definition) is 1. The summed E-state index contributed by atoms with van der Waals surface area (Å²) < 4.78 is 36.5. The molecule has 1 nitrogen and oxygen atoms in total. The van der Waals surface area contributed by atoms with Gasteiger partial charge in [0.15, 0.2) is 0 Å². The van der Waals surface area contributed by atoms with E-state index in [-0.39, 0.29) is 6.42 Å². The van der Waals surface area contributed by atoms with Gasteiger partial charge in [0.25, 0.3) is 0 Å². The minimum atomic E-state index is -4.06. The first-order chi connectivity index (χ1) is 7.38. The van der Waals surface area contributed by atoms with Crippen LogP contribution in [0.2, 0.25) is 0 Å². The van der Waals surface area contributed by atoms with E-state index in [1.165, 1.54) is 0 Å². The predicted molar refractivity (Wildman–Crippen MR) is 62.7 cm³/mol. The lowest BCUT2D eigenvalue weighted by Gasteiger charge is -2.10. The Labute approximate surface area is 101 Å². The van der Waals surface area contributed by atoms with Gasteiger partial charge in [-0.3, -0.25) is 0 Å². The highest BCUT2D eigenvalue weighted by Gasteiger charge is 2.25. The molecule has 0 unspecified atom stereocenters. The molecule has 0 spiro atoms. The van der Waals surface area contributed by atoms with Gasteiger partial charge in [-0.25, -0.2) is 0 Å². The minimum Gasteiger partial charge on any atom is -0.384 e. The van der Waals surface area contributed by atoms with Crippen LogP contribution < -0.4 is 5.32 Å². The molecule has 1 aromatic carbocycles. The van der Waals surface area contributed by atoms with E-state index in [0.717, 1.165) is 15.7 Å². The Balaban J connectivity index is 2.40.